The maximum absolute atomic E-state index is 13.5. The first kappa shape index (κ1) is 23.9. The van der Waals surface area contributed by atoms with E-state index in [1.54, 1.807) is 12.1 Å². The number of hydrogen-bond acceptors (Lipinski definition) is 3. The first-order chi connectivity index (χ1) is 14.8. The summed E-state index contributed by atoms with van der Waals surface area (Å²) in [4.78, 5) is 13.0. The summed E-state index contributed by atoms with van der Waals surface area (Å²) in [7, 11) is -4.00. The third-order valence-corrected chi connectivity index (χ3v) is 7.73. The molecule has 1 aliphatic rings. The SMILES string of the molecule is Cc1ccc(S(=O)(=O)N(CC(=O)NC2CCCCCCC2)c2cc(Cl)cc(Cl)c2)cc1. The molecule has 0 saturated heterocycles. The van der Waals surface area contributed by atoms with Crippen LogP contribution >= 0.6 is 23.2 Å². The van der Waals surface area contributed by atoms with E-state index in [0.29, 0.717) is 10.0 Å². The van der Waals surface area contributed by atoms with E-state index >= 15 is 0 Å². The first-order valence-corrected chi connectivity index (χ1v) is 12.8. The van der Waals surface area contributed by atoms with Gasteiger partial charge in [-0.2, -0.15) is 0 Å². The average Bonchev–Trinajstić information content (AvgIpc) is 2.67. The number of nitrogens with zero attached hydrogens (tertiary/aromatic N) is 1. The average molecular weight is 483 g/mol. The molecule has 3 rings (SSSR count). The monoisotopic (exact) mass is 482 g/mol. The van der Waals surface area contributed by atoms with Crippen LogP contribution in [0.1, 0.15) is 50.5 Å². The number of hydrogen-bond donors (Lipinski definition) is 1. The number of nitrogens with one attached hydrogen (secondary N) is 1. The van der Waals surface area contributed by atoms with Crippen molar-refractivity contribution in [1.29, 1.82) is 0 Å². The maximum atomic E-state index is 13.5. The highest BCUT2D eigenvalue weighted by atomic mass is 35.5. The normalized spacial score (nSPS) is 15.7. The predicted molar refractivity (Wildman–Crippen MR) is 126 cm³/mol. The van der Waals surface area contributed by atoms with E-state index in [2.05, 4.69) is 5.32 Å². The van der Waals surface area contributed by atoms with Crippen LogP contribution in [0.25, 0.3) is 0 Å². The zero-order chi connectivity index (χ0) is 22.4. The van der Waals surface area contributed by atoms with Crippen LogP contribution in [0.5, 0.6) is 0 Å². The Kier molecular flexibility index (Phi) is 8.25. The molecule has 1 N–H and O–H groups in total. The van der Waals surface area contributed by atoms with Crippen molar-refractivity contribution in [3.05, 3.63) is 58.1 Å². The highest BCUT2D eigenvalue weighted by molar-refractivity contribution is 7.92. The molecular formula is C23H28Cl2N2O3S. The zero-order valence-corrected chi connectivity index (χ0v) is 19.9. The predicted octanol–water partition coefficient (Wildman–Crippen LogP) is 5.73. The number of halogens is 2. The van der Waals surface area contributed by atoms with Crippen molar-refractivity contribution in [3.63, 3.8) is 0 Å². The second-order valence-corrected chi connectivity index (χ2v) is 10.8. The summed E-state index contributed by atoms with van der Waals surface area (Å²) in [5.41, 5.74) is 1.20. The second kappa shape index (κ2) is 10.7. The highest BCUT2D eigenvalue weighted by Crippen LogP contribution is 2.30. The lowest BCUT2D eigenvalue weighted by molar-refractivity contribution is -0.120. The molecule has 1 saturated carbocycles. The molecule has 8 heteroatoms. The Morgan fingerprint density at radius 2 is 1.52 bits per heavy atom. The van der Waals surface area contributed by atoms with Crippen molar-refractivity contribution >= 4 is 44.8 Å². The second-order valence-electron chi connectivity index (χ2n) is 8.06. The molecule has 168 valence electrons. The number of carbonyl (C=O) groups excluding carboxylic acids is 1. The van der Waals surface area contributed by atoms with Gasteiger partial charge in [-0.3, -0.25) is 9.10 Å². The topological polar surface area (TPSA) is 66.5 Å². The Balaban J connectivity index is 1.88. The summed E-state index contributed by atoms with van der Waals surface area (Å²) in [5.74, 6) is -0.336. The number of sulfonamides is 1. The fraction of sp³-hybridized carbons (Fsp3) is 0.435. The van der Waals surface area contributed by atoms with Gasteiger partial charge in [-0.25, -0.2) is 8.42 Å². The van der Waals surface area contributed by atoms with Crippen LogP contribution in [-0.2, 0) is 14.8 Å². The molecule has 1 amide bonds. The van der Waals surface area contributed by atoms with Crippen LogP contribution in [0.15, 0.2) is 47.4 Å². The Morgan fingerprint density at radius 1 is 0.968 bits per heavy atom. The van der Waals surface area contributed by atoms with Crippen molar-refractivity contribution in [2.45, 2.75) is 62.8 Å². The van der Waals surface area contributed by atoms with Gasteiger partial charge in [-0.1, -0.05) is 73.0 Å². The minimum absolute atomic E-state index is 0.0691. The molecule has 0 bridgehead atoms. The molecule has 5 nitrogen and oxygen atoms in total. The molecule has 1 fully saturated rings. The molecule has 0 radical (unpaired) electrons. The van der Waals surface area contributed by atoms with E-state index in [-0.39, 0.29) is 29.1 Å². The van der Waals surface area contributed by atoms with Crippen molar-refractivity contribution in [2.24, 2.45) is 0 Å². The third kappa shape index (κ3) is 6.61. The van der Waals surface area contributed by atoms with Gasteiger partial charge in [0.15, 0.2) is 0 Å². The fourth-order valence-electron chi connectivity index (χ4n) is 3.84. The molecule has 0 unspecified atom stereocenters. The molecule has 0 aliphatic heterocycles. The van der Waals surface area contributed by atoms with Crippen molar-refractivity contribution in [2.75, 3.05) is 10.8 Å². The lowest BCUT2D eigenvalue weighted by Crippen LogP contribution is -2.44. The molecule has 31 heavy (non-hydrogen) atoms. The molecule has 0 spiro atoms. The third-order valence-electron chi connectivity index (χ3n) is 5.50. The number of aryl methyl sites for hydroxylation is 1. The smallest absolute Gasteiger partial charge is 0.264 e. The Morgan fingerprint density at radius 3 is 2.10 bits per heavy atom. The van der Waals surface area contributed by atoms with Gasteiger partial charge in [-0.15, -0.1) is 0 Å². The van der Waals surface area contributed by atoms with Crippen molar-refractivity contribution < 1.29 is 13.2 Å². The van der Waals surface area contributed by atoms with Crippen LogP contribution in [0.2, 0.25) is 10.0 Å². The maximum Gasteiger partial charge on any atom is 0.264 e. The van der Waals surface area contributed by atoms with Crippen LogP contribution in [-0.4, -0.2) is 26.9 Å². The fourth-order valence-corrected chi connectivity index (χ4v) is 5.76. The van der Waals surface area contributed by atoms with Gasteiger partial charge < -0.3 is 5.32 Å². The number of carbonyl (C=O) groups is 1. The Hall–Kier alpha value is -1.76. The Labute approximate surface area is 194 Å². The number of anilines is 1. The molecule has 1 aliphatic carbocycles. The lowest BCUT2D eigenvalue weighted by atomic mass is 9.97. The largest absolute Gasteiger partial charge is 0.352 e. The van der Waals surface area contributed by atoms with Crippen LogP contribution in [0.3, 0.4) is 0 Å². The first-order valence-electron chi connectivity index (χ1n) is 10.6. The number of amides is 1. The van der Waals surface area contributed by atoms with E-state index in [1.807, 2.05) is 6.92 Å². The van der Waals surface area contributed by atoms with Gasteiger partial charge in [0.25, 0.3) is 10.0 Å². The van der Waals surface area contributed by atoms with Crippen LogP contribution < -0.4 is 9.62 Å². The van der Waals surface area contributed by atoms with Crippen LogP contribution in [0, 0.1) is 6.92 Å². The van der Waals surface area contributed by atoms with Crippen molar-refractivity contribution in [3.8, 4) is 0 Å². The summed E-state index contributed by atoms with van der Waals surface area (Å²) >= 11 is 12.3. The standard InChI is InChI=1S/C23H28Cl2N2O3S/c1-17-9-11-22(12-10-17)31(29,30)27(21-14-18(24)13-19(25)15-21)16-23(28)26-20-7-5-3-2-4-6-8-20/h9-15,20H,2-8,16H2,1H3,(H,26,28). The molecule has 2 aromatic rings. The minimum Gasteiger partial charge on any atom is -0.352 e. The quantitative estimate of drug-likeness (QED) is 0.571. The van der Waals surface area contributed by atoms with Crippen LogP contribution in [0.4, 0.5) is 5.69 Å². The number of rotatable bonds is 6. The van der Waals surface area contributed by atoms with Gasteiger partial charge in [0.2, 0.25) is 5.91 Å². The molecule has 0 heterocycles. The van der Waals surface area contributed by atoms with E-state index < -0.39 is 10.0 Å². The highest BCUT2D eigenvalue weighted by Gasteiger charge is 2.28. The molecule has 0 aromatic heterocycles. The molecule has 2 aromatic carbocycles. The Bertz CT molecular complexity index is 982. The number of benzene rings is 2. The summed E-state index contributed by atoms with van der Waals surface area (Å²) in [6.07, 6.45) is 7.54. The van der Waals surface area contributed by atoms with E-state index in [4.69, 9.17) is 23.2 Å². The lowest BCUT2D eigenvalue weighted by Gasteiger charge is -2.26. The van der Waals surface area contributed by atoms with Gasteiger partial charge in [-0.05, 0) is 50.1 Å². The van der Waals surface area contributed by atoms with Gasteiger partial charge in [0.1, 0.15) is 6.54 Å². The van der Waals surface area contributed by atoms with Gasteiger partial charge in [0.05, 0.1) is 10.6 Å². The van der Waals surface area contributed by atoms with E-state index in [0.717, 1.165) is 35.6 Å². The summed E-state index contributed by atoms with van der Waals surface area (Å²) < 4.78 is 28.0. The van der Waals surface area contributed by atoms with Crippen molar-refractivity contribution in [1.82, 2.24) is 5.32 Å². The summed E-state index contributed by atoms with van der Waals surface area (Å²) in [5, 5.41) is 3.63. The van der Waals surface area contributed by atoms with Gasteiger partial charge >= 0.3 is 0 Å². The van der Waals surface area contributed by atoms with E-state index in [9.17, 15) is 13.2 Å². The zero-order valence-electron chi connectivity index (χ0n) is 17.6. The molecule has 0 atom stereocenters. The minimum atomic E-state index is -4.00. The summed E-state index contributed by atoms with van der Waals surface area (Å²) in [6.45, 7) is 1.54. The molecular weight excluding hydrogens is 455 g/mol. The van der Waals surface area contributed by atoms with Gasteiger partial charge in [0, 0.05) is 16.1 Å². The van der Waals surface area contributed by atoms with E-state index in [1.165, 1.54) is 49.6 Å². The summed E-state index contributed by atoms with van der Waals surface area (Å²) in [6, 6.07) is 11.1.